The minimum absolute atomic E-state index is 0.163. The summed E-state index contributed by atoms with van der Waals surface area (Å²) in [4.78, 5) is 27.6. The first-order chi connectivity index (χ1) is 20.1. The lowest BCUT2D eigenvalue weighted by Crippen LogP contribution is -2.38. The second kappa shape index (κ2) is 18.1. The summed E-state index contributed by atoms with van der Waals surface area (Å²) in [6, 6.07) is 11.9. The molecule has 2 rings (SSSR count). The van der Waals surface area contributed by atoms with Crippen molar-refractivity contribution in [3.8, 4) is 5.75 Å². The van der Waals surface area contributed by atoms with Gasteiger partial charge >= 0.3 is 0 Å². The Morgan fingerprint density at radius 3 is 2.36 bits per heavy atom. The predicted molar refractivity (Wildman–Crippen MR) is 174 cm³/mol. The first kappa shape index (κ1) is 34.7. The van der Waals surface area contributed by atoms with Gasteiger partial charge in [0.1, 0.15) is 18.6 Å². The summed E-state index contributed by atoms with van der Waals surface area (Å²) in [5.74, 6) is 1.78. The summed E-state index contributed by atoms with van der Waals surface area (Å²) in [5, 5.41) is 12.5. The molecular weight excluding hydrogens is 524 g/mol. The Labute approximate surface area is 253 Å². The third kappa shape index (κ3) is 11.8. The lowest BCUT2D eigenvalue weighted by atomic mass is 9.95. The highest BCUT2D eigenvalue weighted by Gasteiger charge is 2.19. The molecule has 0 aromatic heterocycles. The van der Waals surface area contributed by atoms with Gasteiger partial charge in [0.05, 0.1) is 18.3 Å². The summed E-state index contributed by atoms with van der Waals surface area (Å²) < 4.78 is 6.13. The Hall–Kier alpha value is -3.54. The van der Waals surface area contributed by atoms with Gasteiger partial charge < -0.3 is 24.9 Å². The van der Waals surface area contributed by atoms with E-state index in [4.69, 9.17) is 4.74 Å². The van der Waals surface area contributed by atoms with Crippen LogP contribution in [-0.4, -0.2) is 43.0 Å². The zero-order valence-corrected chi connectivity index (χ0v) is 26.8. The summed E-state index contributed by atoms with van der Waals surface area (Å²) in [6.07, 6.45) is 9.54. The van der Waals surface area contributed by atoms with Gasteiger partial charge in [-0.15, -0.1) is 0 Å². The molecule has 0 fully saturated rings. The van der Waals surface area contributed by atoms with E-state index < -0.39 is 6.04 Å². The largest absolute Gasteiger partial charge is 0.508 e. The third-order valence-corrected chi connectivity index (χ3v) is 7.67. The summed E-state index contributed by atoms with van der Waals surface area (Å²) in [7, 11) is 0. The Balaban J connectivity index is 2.37. The molecule has 0 radical (unpaired) electrons. The molecule has 42 heavy (non-hydrogen) atoms. The van der Waals surface area contributed by atoms with Crippen LogP contribution in [0.4, 0.5) is 5.69 Å². The number of nitrogens with zero attached hydrogens (tertiary/aromatic N) is 1. The highest BCUT2D eigenvalue weighted by Crippen LogP contribution is 2.27. The predicted octanol–water partition coefficient (Wildman–Crippen LogP) is 7.65. The molecule has 0 aliphatic carbocycles. The number of nitrogens with one attached hydrogen (secondary N) is 1. The minimum Gasteiger partial charge on any atom is -0.508 e. The molecule has 0 saturated carbocycles. The van der Waals surface area contributed by atoms with E-state index in [2.05, 4.69) is 70.0 Å². The average Bonchev–Trinajstić information content (AvgIpc) is 2.97. The first-order valence-corrected chi connectivity index (χ1v) is 15.5. The quantitative estimate of drug-likeness (QED) is 0.108. The van der Waals surface area contributed by atoms with Crippen LogP contribution in [0.15, 0.2) is 65.9 Å². The molecule has 1 amide bonds. The number of phenols is 1. The lowest BCUT2D eigenvalue weighted by Gasteiger charge is -2.29. The average molecular weight is 577 g/mol. The Morgan fingerprint density at radius 2 is 1.74 bits per heavy atom. The molecule has 0 heterocycles. The topological polar surface area (TPSA) is 78.9 Å². The zero-order valence-electron chi connectivity index (χ0n) is 26.8. The highest BCUT2D eigenvalue weighted by atomic mass is 16.5. The minimum atomic E-state index is -0.676. The fourth-order valence-corrected chi connectivity index (χ4v) is 4.84. The van der Waals surface area contributed by atoms with Gasteiger partial charge in [-0.05, 0) is 92.8 Å². The summed E-state index contributed by atoms with van der Waals surface area (Å²) in [5.41, 5.74) is 4.88. The molecular formula is C36H52N2O4. The fraction of sp³-hybridized carbons (Fsp3) is 0.500. The lowest BCUT2D eigenvalue weighted by molar-refractivity contribution is -0.109. The molecule has 0 aliphatic heterocycles. The Kier molecular flexibility index (Phi) is 14.9. The number of allylic oxidation sites excluding steroid dienone is 3. The molecule has 0 bridgehead atoms. The number of aldehydes is 1. The van der Waals surface area contributed by atoms with Gasteiger partial charge in [-0.1, -0.05) is 70.9 Å². The van der Waals surface area contributed by atoms with Crippen molar-refractivity contribution in [1.82, 2.24) is 5.32 Å². The number of carbonyl (C=O) groups excluding carboxylic acids is 2. The second-order valence-electron chi connectivity index (χ2n) is 11.5. The van der Waals surface area contributed by atoms with Crippen LogP contribution in [0.25, 0.3) is 0 Å². The number of phenolic OH excluding ortho intramolecular Hbond substituents is 1. The molecule has 2 N–H and O–H groups in total. The van der Waals surface area contributed by atoms with Gasteiger partial charge in [-0.25, -0.2) is 0 Å². The van der Waals surface area contributed by atoms with Gasteiger partial charge in [0, 0.05) is 17.8 Å². The number of hydrogen-bond acceptors (Lipinski definition) is 5. The van der Waals surface area contributed by atoms with Crippen LogP contribution < -0.4 is 10.2 Å². The Bertz CT molecular complexity index is 1190. The summed E-state index contributed by atoms with van der Waals surface area (Å²) in [6.45, 7) is 17.1. The normalized spacial score (nSPS) is 14.2. The molecule has 3 atom stereocenters. The van der Waals surface area contributed by atoms with Crippen molar-refractivity contribution in [2.75, 3.05) is 24.6 Å². The van der Waals surface area contributed by atoms with E-state index >= 15 is 0 Å². The molecule has 230 valence electrons. The van der Waals surface area contributed by atoms with Crippen LogP contribution >= 0.6 is 0 Å². The molecule has 0 aliphatic rings. The van der Waals surface area contributed by atoms with E-state index in [0.717, 1.165) is 55.5 Å². The third-order valence-electron chi connectivity index (χ3n) is 7.67. The van der Waals surface area contributed by atoms with Gasteiger partial charge in [-0.2, -0.15) is 0 Å². The van der Waals surface area contributed by atoms with Crippen LogP contribution in [-0.2, 0) is 22.4 Å². The van der Waals surface area contributed by atoms with Gasteiger partial charge in [0.25, 0.3) is 5.91 Å². The van der Waals surface area contributed by atoms with Gasteiger partial charge in [0.2, 0.25) is 0 Å². The van der Waals surface area contributed by atoms with Crippen molar-refractivity contribution in [3.63, 3.8) is 0 Å². The number of carbonyl (C=O) groups is 2. The zero-order chi connectivity index (χ0) is 31.1. The van der Waals surface area contributed by atoms with Crippen LogP contribution in [0, 0.1) is 11.8 Å². The van der Waals surface area contributed by atoms with Crippen molar-refractivity contribution < 1.29 is 19.4 Å². The maximum absolute atomic E-state index is 13.4. The molecule has 6 nitrogen and oxygen atoms in total. The Morgan fingerprint density at radius 1 is 1.02 bits per heavy atom. The summed E-state index contributed by atoms with van der Waals surface area (Å²) >= 11 is 0. The van der Waals surface area contributed by atoms with Gasteiger partial charge in [0.15, 0.2) is 0 Å². The number of rotatable bonds is 18. The number of ether oxygens (including phenoxy) is 1. The van der Waals surface area contributed by atoms with Crippen molar-refractivity contribution in [3.05, 3.63) is 82.6 Å². The number of amides is 1. The standard InChI is InChI=1S/C36H52N2O4/c1-8-11-28(6)24-38(18-19-42-29(7)20-26(4)9-2)35-23-32(15-14-31(35)21-27(5)10-3)36(41)37-33(25-39)22-30-12-16-34(40)17-13-30/h11-17,20,23,25-27,33,40H,8-10,18-19,21-22,24H2,1-7H3,(H,37,41)/b28-11+,29-20+. The van der Waals surface area contributed by atoms with E-state index in [0.29, 0.717) is 37.0 Å². The highest BCUT2D eigenvalue weighted by molar-refractivity contribution is 5.96. The van der Waals surface area contributed by atoms with E-state index in [9.17, 15) is 14.7 Å². The van der Waals surface area contributed by atoms with Crippen molar-refractivity contribution in [2.24, 2.45) is 11.8 Å². The smallest absolute Gasteiger partial charge is 0.251 e. The van der Waals surface area contributed by atoms with E-state index in [1.54, 1.807) is 24.3 Å². The number of benzene rings is 2. The van der Waals surface area contributed by atoms with Crippen LogP contribution in [0.5, 0.6) is 5.75 Å². The monoisotopic (exact) mass is 576 g/mol. The maximum atomic E-state index is 13.4. The number of anilines is 1. The van der Waals surface area contributed by atoms with E-state index in [1.165, 1.54) is 11.1 Å². The van der Waals surface area contributed by atoms with Crippen molar-refractivity contribution >= 4 is 17.9 Å². The molecule has 0 saturated heterocycles. The number of hydrogen-bond donors (Lipinski definition) is 2. The first-order valence-electron chi connectivity index (χ1n) is 15.5. The van der Waals surface area contributed by atoms with Crippen molar-refractivity contribution in [1.29, 1.82) is 0 Å². The number of aromatic hydroxyl groups is 1. The van der Waals surface area contributed by atoms with Gasteiger partial charge in [-0.3, -0.25) is 4.79 Å². The van der Waals surface area contributed by atoms with Crippen molar-refractivity contribution in [2.45, 2.75) is 86.6 Å². The van der Waals surface area contributed by atoms with Crippen LogP contribution in [0.3, 0.4) is 0 Å². The molecule has 6 heteroatoms. The van der Waals surface area contributed by atoms with E-state index in [1.807, 2.05) is 19.1 Å². The fourth-order valence-electron chi connectivity index (χ4n) is 4.84. The SMILES string of the molecule is CC/C=C(\C)CN(CCO/C(C)=C/C(C)CC)c1cc(C(=O)NC(C=O)Cc2ccc(O)cc2)ccc1CC(C)CC. The van der Waals surface area contributed by atoms with Crippen LogP contribution in [0.1, 0.15) is 89.2 Å². The molecule has 2 aromatic rings. The molecule has 0 spiro atoms. The maximum Gasteiger partial charge on any atom is 0.251 e. The van der Waals surface area contributed by atoms with E-state index in [-0.39, 0.29) is 11.7 Å². The molecule has 2 aromatic carbocycles. The molecule has 3 unspecified atom stereocenters. The van der Waals surface area contributed by atoms with Crippen LogP contribution in [0.2, 0.25) is 0 Å². The second-order valence-corrected chi connectivity index (χ2v) is 11.5.